The summed E-state index contributed by atoms with van der Waals surface area (Å²) in [6.45, 7) is 14.1. The summed E-state index contributed by atoms with van der Waals surface area (Å²) in [6, 6.07) is 8.94. The fourth-order valence-electron chi connectivity index (χ4n) is 5.15. The molecule has 1 heterocycles. The fraction of sp³-hybridized carbons (Fsp3) is 0.606. The van der Waals surface area contributed by atoms with Gasteiger partial charge in [-0.25, -0.2) is 0 Å². The lowest BCUT2D eigenvalue weighted by molar-refractivity contribution is 0.0685. The predicted molar refractivity (Wildman–Crippen MR) is 165 cm³/mol. The average molecular weight is 564 g/mol. The highest BCUT2D eigenvalue weighted by Gasteiger charge is 2.23. The van der Waals surface area contributed by atoms with Gasteiger partial charge in [-0.15, -0.1) is 5.11 Å². The van der Waals surface area contributed by atoms with Crippen molar-refractivity contribution in [1.82, 2.24) is 9.47 Å². The maximum Gasteiger partial charge on any atom is 0.271 e. The van der Waals surface area contributed by atoms with Crippen LogP contribution >= 0.6 is 0 Å². The Bertz CT molecular complexity index is 1230. The molecule has 0 fully saturated rings. The molecule has 1 amide bonds. The number of benzene rings is 1. The summed E-state index contributed by atoms with van der Waals surface area (Å²) >= 11 is 0. The van der Waals surface area contributed by atoms with Gasteiger partial charge in [0.2, 0.25) is 5.88 Å². The number of nitriles is 1. The van der Waals surface area contributed by atoms with Gasteiger partial charge in [0, 0.05) is 30.8 Å². The molecule has 0 bridgehead atoms. The molecule has 2 rings (SSSR count). The zero-order valence-corrected chi connectivity index (χ0v) is 25.9. The quantitative estimate of drug-likeness (QED) is 0.195. The van der Waals surface area contributed by atoms with Gasteiger partial charge in [0.15, 0.2) is 5.69 Å². The van der Waals surface area contributed by atoms with Crippen LogP contribution in [0.4, 0.5) is 11.4 Å². The minimum atomic E-state index is -0.532. The summed E-state index contributed by atoms with van der Waals surface area (Å²) in [5.74, 6) is 0.709. The van der Waals surface area contributed by atoms with Crippen LogP contribution in [-0.4, -0.2) is 33.6 Å². The predicted octanol–water partition coefficient (Wildman–Crippen LogP) is 8.43. The van der Waals surface area contributed by atoms with Gasteiger partial charge in [0.05, 0.1) is 5.69 Å². The van der Waals surface area contributed by atoms with Crippen molar-refractivity contribution in [2.45, 2.75) is 106 Å². The fourth-order valence-corrected chi connectivity index (χ4v) is 5.15. The van der Waals surface area contributed by atoms with Gasteiger partial charge >= 0.3 is 0 Å². The number of aromatic hydroxyl groups is 1. The highest BCUT2D eigenvalue weighted by atomic mass is 16.3. The van der Waals surface area contributed by atoms with E-state index in [2.05, 4.69) is 42.8 Å². The maximum absolute atomic E-state index is 13.8. The number of nitrogens with zero attached hydrogens (tertiary/aromatic N) is 5. The lowest BCUT2D eigenvalue weighted by Crippen LogP contribution is -2.39. The van der Waals surface area contributed by atoms with E-state index in [1.165, 1.54) is 12.8 Å². The first-order valence-electron chi connectivity index (χ1n) is 15.4. The molecule has 1 aromatic heterocycles. The van der Waals surface area contributed by atoms with Crippen molar-refractivity contribution in [1.29, 1.82) is 5.26 Å². The van der Waals surface area contributed by atoms with E-state index in [0.717, 1.165) is 56.2 Å². The Labute approximate surface area is 246 Å². The Balaban J connectivity index is 2.33. The first-order valence-corrected chi connectivity index (χ1v) is 15.4. The Morgan fingerprint density at radius 1 is 0.951 bits per heavy atom. The molecule has 0 aliphatic rings. The molecule has 8 heteroatoms. The molecule has 0 radical (unpaired) electrons. The highest BCUT2D eigenvalue weighted by molar-refractivity contribution is 5.94. The largest absolute Gasteiger partial charge is 0.493 e. The molecule has 2 aromatic rings. The van der Waals surface area contributed by atoms with Gasteiger partial charge < -0.3 is 10.0 Å². The summed E-state index contributed by atoms with van der Waals surface area (Å²) < 4.78 is 1.16. The van der Waals surface area contributed by atoms with Crippen molar-refractivity contribution in [3.8, 4) is 11.9 Å². The number of carbonyl (C=O) groups excluding carboxylic acids is 1. The number of carbonyl (C=O) groups is 1. The van der Waals surface area contributed by atoms with Crippen LogP contribution in [0.5, 0.6) is 5.88 Å². The number of pyridine rings is 1. The Morgan fingerprint density at radius 3 is 1.98 bits per heavy atom. The monoisotopic (exact) mass is 563 g/mol. The molecular weight excluding hydrogens is 514 g/mol. The number of azo groups is 1. The van der Waals surface area contributed by atoms with Gasteiger partial charge in [0.25, 0.3) is 11.5 Å². The molecule has 1 aromatic carbocycles. The van der Waals surface area contributed by atoms with E-state index in [-0.39, 0.29) is 35.1 Å². The number of aromatic nitrogens is 1. The molecule has 8 nitrogen and oxygen atoms in total. The number of hydrogen-bond donors (Lipinski definition) is 1. The summed E-state index contributed by atoms with van der Waals surface area (Å²) in [7, 11) is 0. The van der Waals surface area contributed by atoms with Crippen molar-refractivity contribution in [2.75, 3.05) is 13.1 Å². The van der Waals surface area contributed by atoms with Crippen LogP contribution in [0.25, 0.3) is 0 Å². The van der Waals surface area contributed by atoms with E-state index in [4.69, 9.17) is 0 Å². The third-order valence-corrected chi connectivity index (χ3v) is 7.93. The van der Waals surface area contributed by atoms with Crippen molar-refractivity contribution in [3.05, 3.63) is 51.3 Å². The summed E-state index contributed by atoms with van der Waals surface area (Å²) in [5.41, 5.74) is 0.909. The maximum atomic E-state index is 13.8. The normalized spacial score (nSPS) is 12.8. The molecular formula is C33H49N5O3. The van der Waals surface area contributed by atoms with Crippen molar-refractivity contribution in [3.63, 3.8) is 0 Å². The molecule has 1 N–H and O–H groups in total. The standard InChI is InChI=1S/C33H49N5O3/c1-7-12-14-25(10-4)22-37(23-26(11-5)15-13-8-2)31(39)27-16-18-28(19-17-27)35-36-30-24(6)29(21-34)32(40)38(20-9-3)33(30)41/h16-19,25-26,41H,7-15,20,22-23H2,1-6H3/b36-35+. The molecule has 0 saturated heterocycles. The zero-order valence-electron chi connectivity index (χ0n) is 25.9. The topological polar surface area (TPSA) is 111 Å². The van der Waals surface area contributed by atoms with Crippen molar-refractivity contribution in [2.24, 2.45) is 22.1 Å². The van der Waals surface area contributed by atoms with Crippen LogP contribution in [0.2, 0.25) is 0 Å². The van der Waals surface area contributed by atoms with Crippen LogP contribution in [0.15, 0.2) is 39.3 Å². The molecule has 224 valence electrons. The van der Waals surface area contributed by atoms with E-state index in [0.29, 0.717) is 29.5 Å². The summed E-state index contributed by atoms with van der Waals surface area (Å²) in [5, 5.41) is 28.7. The minimum absolute atomic E-state index is 0.0391. The van der Waals surface area contributed by atoms with Gasteiger partial charge in [-0.2, -0.15) is 10.4 Å². The Kier molecular flexibility index (Phi) is 14.3. The van der Waals surface area contributed by atoms with Crippen LogP contribution < -0.4 is 5.56 Å². The Morgan fingerprint density at radius 2 is 1.51 bits per heavy atom. The highest BCUT2D eigenvalue weighted by Crippen LogP contribution is 2.32. The van der Waals surface area contributed by atoms with Gasteiger partial charge in [-0.05, 0) is 62.3 Å². The SMILES string of the molecule is CCCCC(CC)CN(CC(CC)CCCC)C(=O)c1ccc(/N=N/c2c(C)c(C#N)c(=O)n(CCC)c2O)cc1. The zero-order chi connectivity index (χ0) is 30.4. The third kappa shape index (κ3) is 9.27. The molecule has 0 saturated carbocycles. The van der Waals surface area contributed by atoms with Crippen LogP contribution in [0.3, 0.4) is 0 Å². The van der Waals surface area contributed by atoms with E-state index in [1.54, 1.807) is 31.2 Å². The second kappa shape index (κ2) is 17.4. The van der Waals surface area contributed by atoms with Crippen molar-refractivity contribution >= 4 is 17.3 Å². The lowest BCUT2D eigenvalue weighted by Gasteiger charge is -2.31. The number of rotatable bonds is 17. The van der Waals surface area contributed by atoms with Gasteiger partial charge in [-0.3, -0.25) is 14.2 Å². The molecule has 0 aliphatic heterocycles. The summed E-state index contributed by atoms with van der Waals surface area (Å²) in [4.78, 5) is 28.4. The molecule has 2 unspecified atom stereocenters. The van der Waals surface area contributed by atoms with Crippen LogP contribution in [-0.2, 0) is 6.54 Å². The lowest BCUT2D eigenvalue weighted by atomic mass is 9.95. The molecule has 2 atom stereocenters. The van der Waals surface area contributed by atoms with Crippen molar-refractivity contribution < 1.29 is 9.90 Å². The second-order valence-electron chi connectivity index (χ2n) is 11.0. The van der Waals surface area contributed by atoms with Gasteiger partial charge in [0.1, 0.15) is 11.6 Å². The third-order valence-electron chi connectivity index (χ3n) is 7.93. The number of hydrogen-bond acceptors (Lipinski definition) is 6. The number of amides is 1. The van der Waals surface area contributed by atoms with E-state index < -0.39 is 5.56 Å². The van der Waals surface area contributed by atoms with E-state index in [1.807, 2.05) is 13.0 Å². The first-order chi connectivity index (χ1) is 19.8. The average Bonchev–Trinajstić information content (AvgIpc) is 2.98. The second-order valence-corrected chi connectivity index (χ2v) is 11.0. The van der Waals surface area contributed by atoms with Crippen LogP contribution in [0.1, 0.15) is 114 Å². The van der Waals surface area contributed by atoms with Crippen LogP contribution in [0, 0.1) is 30.1 Å². The van der Waals surface area contributed by atoms with E-state index in [9.17, 15) is 20.0 Å². The van der Waals surface area contributed by atoms with Gasteiger partial charge in [-0.1, -0.05) is 73.1 Å². The molecule has 0 spiro atoms. The molecule has 0 aliphatic carbocycles. The summed E-state index contributed by atoms with van der Waals surface area (Å²) in [6.07, 6.45) is 9.65. The van der Waals surface area contributed by atoms with E-state index >= 15 is 0 Å². The molecule has 41 heavy (non-hydrogen) atoms. The minimum Gasteiger partial charge on any atom is -0.493 e. The number of unbranched alkanes of at least 4 members (excludes halogenated alkanes) is 2. The first kappa shape index (κ1) is 33.7. The smallest absolute Gasteiger partial charge is 0.271 e. The Hall–Kier alpha value is -3.47.